The van der Waals surface area contributed by atoms with Crippen molar-refractivity contribution in [2.75, 3.05) is 45.6 Å². The lowest BCUT2D eigenvalue weighted by atomic mass is 10.1. The van der Waals surface area contributed by atoms with Crippen molar-refractivity contribution in [1.29, 1.82) is 0 Å². The number of amides is 1. The maximum Gasteiger partial charge on any atom is 0.255 e. The van der Waals surface area contributed by atoms with Gasteiger partial charge in [0.2, 0.25) is 0 Å². The van der Waals surface area contributed by atoms with E-state index in [1.807, 2.05) is 31.0 Å². The van der Waals surface area contributed by atoms with Crippen LogP contribution in [0.25, 0.3) is 0 Å². The molecular weight excluding hydrogens is 252 g/mol. The van der Waals surface area contributed by atoms with E-state index in [9.17, 15) is 4.79 Å². The summed E-state index contributed by atoms with van der Waals surface area (Å²) in [7, 11) is 4.00. The summed E-state index contributed by atoms with van der Waals surface area (Å²) in [5.74, 6) is 1.45. The third-order valence-electron chi connectivity index (χ3n) is 3.74. The standard InChI is InChI=1S/C15H24N4O/c1-4-16-14-6-5-13(9-17-14)15(20)19(3)11-12-7-8-18(2)10-12/h5-6,9,12H,4,7-8,10-11H2,1-3H3,(H,16,17). The first kappa shape index (κ1) is 14.8. The third-order valence-corrected chi connectivity index (χ3v) is 3.74. The number of anilines is 1. The maximum absolute atomic E-state index is 12.3. The lowest BCUT2D eigenvalue weighted by Gasteiger charge is -2.21. The highest BCUT2D eigenvalue weighted by Gasteiger charge is 2.23. The van der Waals surface area contributed by atoms with Crippen molar-refractivity contribution in [3.05, 3.63) is 23.9 Å². The molecule has 1 aromatic heterocycles. The van der Waals surface area contributed by atoms with Gasteiger partial charge in [0.15, 0.2) is 0 Å². The summed E-state index contributed by atoms with van der Waals surface area (Å²) in [5.41, 5.74) is 0.653. The van der Waals surface area contributed by atoms with Crippen LogP contribution < -0.4 is 5.32 Å². The molecule has 0 spiro atoms. The molecule has 2 heterocycles. The van der Waals surface area contributed by atoms with E-state index in [1.54, 1.807) is 6.20 Å². The topological polar surface area (TPSA) is 48.5 Å². The van der Waals surface area contributed by atoms with E-state index >= 15 is 0 Å². The third kappa shape index (κ3) is 3.70. The van der Waals surface area contributed by atoms with Crippen molar-refractivity contribution in [2.45, 2.75) is 13.3 Å². The molecule has 0 aromatic carbocycles. The van der Waals surface area contributed by atoms with Crippen LogP contribution >= 0.6 is 0 Å². The van der Waals surface area contributed by atoms with Gasteiger partial charge in [-0.05, 0) is 45.0 Å². The Bertz CT molecular complexity index is 446. The Morgan fingerprint density at radius 2 is 2.35 bits per heavy atom. The van der Waals surface area contributed by atoms with E-state index in [0.29, 0.717) is 11.5 Å². The molecule has 1 fully saturated rings. The Hall–Kier alpha value is -1.62. The van der Waals surface area contributed by atoms with Crippen LogP contribution in [0.5, 0.6) is 0 Å². The van der Waals surface area contributed by atoms with Gasteiger partial charge in [-0.25, -0.2) is 4.98 Å². The van der Waals surface area contributed by atoms with Gasteiger partial charge in [0.25, 0.3) is 5.91 Å². The van der Waals surface area contributed by atoms with Crippen LogP contribution in [0.3, 0.4) is 0 Å². The van der Waals surface area contributed by atoms with E-state index < -0.39 is 0 Å². The van der Waals surface area contributed by atoms with Crippen molar-refractivity contribution in [3.63, 3.8) is 0 Å². The Labute approximate surface area is 121 Å². The van der Waals surface area contributed by atoms with E-state index in [4.69, 9.17) is 0 Å². The van der Waals surface area contributed by atoms with Gasteiger partial charge in [0, 0.05) is 32.9 Å². The number of hydrogen-bond acceptors (Lipinski definition) is 4. The number of pyridine rings is 1. The molecule has 0 bridgehead atoms. The minimum absolute atomic E-state index is 0.0510. The monoisotopic (exact) mass is 276 g/mol. The van der Waals surface area contributed by atoms with Crippen LogP contribution in [0.15, 0.2) is 18.3 Å². The molecule has 1 unspecified atom stereocenters. The molecule has 0 saturated carbocycles. The van der Waals surface area contributed by atoms with Crippen LogP contribution in [0.2, 0.25) is 0 Å². The minimum Gasteiger partial charge on any atom is -0.370 e. The van der Waals surface area contributed by atoms with Gasteiger partial charge in [-0.1, -0.05) is 0 Å². The molecule has 1 saturated heterocycles. The number of carbonyl (C=O) groups excluding carboxylic acids is 1. The summed E-state index contributed by atoms with van der Waals surface area (Å²) < 4.78 is 0. The van der Waals surface area contributed by atoms with Gasteiger partial charge in [0.05, 0.1) is 5.56 Å². The Balaban J connectivity index is 1.92. The van der Waals surface area contributed by atoms with Crippen molar-refractivity contribution >= 4 is 11.7 Å². The molecule has 1 N–H and O–H groups in total. The average Bonchev–Trinajstić information content (AvgIpc) is 2.84. The van der Waals surface area contributed by atoms with Crippen LogP contribution in [-0.4, -0.2) is 61.0 Å². The average molecular weight is 276 g/mol. The number of likely N-dealkylation sites (tertiary alicyclic amines) is 1. The zero-order chi connectivity index (χ0) is 14.5. The lowest BCUT2D eigenvalue weighted by Crippen LogP contribution is -2.32. The van der Waals surface area contributed by atoms with Gasteiger partial charge in [-0.3, -0.25) is 4.79 Å². The first-order chi connectivity index (χ1) is 9.60. The van der Waals surface area contributed by atoms with Crippen LogP contribution in [0, 0.1) is 5.92 Å². The molecular formula is C15H24N4O. The molecule has 1 aliphatic rings. The van der Waals surface area contributed by atoms with Crippen LogP contribution in [0.4, 0.5) is 5.82 Å². The fourth-order valence-corrected chi connectivity index (χ4v) is 2.67. The number of rotatable bonds is 5. The van der Waals surface area contributed by atoms with Crippen molar-refractivity contribution in [1.82, 2.24) is 14.8 Å². The fourth-order valence-electron chi connectivity index (χ4n) is 2.67. The quantitative estimate of drug-likeness (QED) is 0.886. The fraction of sp³-hybridized carbons (Fsp3) is 0.600. The largest absolute Gasteiger partial charge is 0.370 e. The normalized spacial score (nSPS) is 19.1. The van der Waals surface area contributed by atoms with E-state index in [-0.39, 0.29) is 5.91 Å². The minimum atomic E-state index is 0.0510. The molecule has 110 valence electrons. The molecule has 1 aromatic rings. The molecule has 5 heteroatoms. The molecule has 1 amide bonds. The molecule has 2 rings (SSSR count). The Morgan fingerprint density at radius 1 is 1.55 bits per heavy atom. The van der Waals surface area contributed by atoms with Crippen molar-refractivity contribution in [2.24, 2.45) is 5.92 Å². The van der Waals surface area contributed by atoms with Gasteiger partial charge < -0.3 is 15.1 Å². The summed E-state index contributed by atoms with van der Waals surface area (Å²) >= 11 is 0. The molecule has 5 nitrogen and oxygen atoms in total. The highest BCUT2D eigenvalue weighted by Crippen LogP contribution is 2.16. The number of carbonyl (C=O) groups is 1. The number of nitrogens with zero attached hydrogens (tertiary/aromatic N) is 3. The second kappa shape index (κ2) is 6.70. The molecule has 20 heavy (non-hydrogen) atoms. The predicted molar refractivity (Wildman–Crippen MR) is 81.0 cm³/mol. The molecule has 1 atom stereocenters. The second-order valence-corrected chi connectivity index (χ2v) is 5.57. The second-order valence-electron chi connectivity index (χ2n) is 5.57. The Morgan fingerprint density at radius 3 is 2.90 bits per heavy atom. The summed E-state index contributed by atoms with van der Waals surface area (Å²) in [6.45, 7) is 5.88. The van der Waals surface area contributed by atoms with Gasteiger partial charge in [-0.15, -0.1) is 0 Å². The van der Waals surface area contributed by atoms with Gasteiger partial charge in [-0.2, -0.15) is 0 Å². The number of hydrogen-bond donors (Lipinski definition) is 1. The highest BCUT2D eigenvalue weighted by atomic mass is 16.2. The predicted octanol–water partition coefficient (Wildman–Crippen LogP) is 1.54. The summed E-state index contributed by atoms with van der Waals surface area (Å²) in [6, 6.07) is 3.69. The maximum atomic E-state index is 12.3. The smallest absolute Gasteiger partial charge is 0.255 e. The van der Waals surface area contributed by atoms with Crippen LogP contribution in [-0.2, 0) is 0 Å². The summed E-state index contributed by atoms with van der Waals surface area (Å²) in [4.78, 5) is 20.7. The number of nitrogens with one attached hydrogen (secondary N) is 1. The van der Waals surface area contributed by atoms with E-state index in [2.05, 4.69) is 22.2 Å². The lowest BCUT2D eigenvalue weighted by molar-refractivity contribution is 0.0773. The van der Waals surface area contributed by atoms with Gasteiger partial charge in [0.1, 0.15) is 5.82 Å². The number of aromatic nitrogens is 1. The zero-order valence-electron chi connectivity index (χ0n) is 12.6. The highest BCUT2D eigenvalue weighted by molar-refractivity contribution is 5.93. The van der Waals surface area contributed by atoms with Crippen LogP contribution in [0.1, 0.15) is 23.7 Å². The Kier molecular flexibility index (Phi) is 4.95. The van der Waals surface area contributed by atoms with Crippen molar-refractivity contribution in [3.8, 4) is 0 Å². The van der Waals surface area contributed by atoms with E-state index in [0.717, 1.165) is 32.0 Å². The van der Waals surface area contributed by atoms with Crippen molar-refractivity contribution < 1.29 is 4.79 Å². The summed E-state index contributed by atoms with van der Waals surface area (Å²) in [5, 5.41) is 3.12. The van der Waals surface area contributed by atoms with E-state index in [1.165, 1.54) is 6.42 Å². The molecule has 0 aliphatic carbocycles. The first-order valence-corrected chi connectivity index (χ1v) is 7.24. The molecule has 0 radical (unpaired) electrons. The molecule has 1 aliphatic heterocycles. The zero-order valence-corrected chi connectivity index (χ0v) is 12.6. The SMILES string of the molecule is CCNc1ccc(C(=O)N(C)CC2CCN(C)C2)cn1. The van der Waals surface area contributed by atoms with Gasteiger partial charge >= 0.3 is 0 Å². The summed E-state index contributed by atoms with van der Waals surface area (Å²) in [6.07, 6.45) is 2.82. The first-order valence-electron chi connectivity index (χ1n) is 7.24.